The first kappa shape index (κ1) is 18.2. The number of halogens is 1. The Morgan fingerprint density at radius 2 is 1.92 bits per heavy atom. The summed E-state index contributed by atoms with van der Waals surface area (Å²) >= 11 is 5.88. The summed E-state index contributed by atoms with van der Waals surface area (Å²) in [5, 5.41) is 0.664. The van der Waals surface area contributed by atoms with Gasteiger partial charge >= 0.3 is 0 Å². The van der Waals surface area contributed by atoms with Crippen molar-refractivity contribution in [3.05, 3.63) is 53.1 Å². The molecular formula is C20H26ClN3O. The van der Waals surface area contributed by atoms with E-state index in [9.17, 15) is 4.79 Å². The molecule has 0 bridgehead atoms. The van der Waals surface area contributed by atoms with Crippen LogP contribution in [-0.2, 0) is 6.54 Å². The Labute approximate surface area is 154 Å². The topological polar surface area (TPSA) is 38.1 Å². The van der Waals surface area contributed by atoms with E-state index in [2.05, 4.69) is 34.5 Å². The largest absolute Gasteiger partial charge is 0.334 e. The Hall–Kier alpha value is -1.65. The molecule has 1 aliphatic heterocycles. The summed E-state index contributed by atoms with van der Waals surface area (Å²) in [7, 11) is 0. The lowest BCUT2D eigenvalue weighted by Crippen LogP contribution is -2.38. The van der Waals surface area contributed by atoms with E-state index in [4.69, 9.17) is 11.6 Å². The molecule has 1 aromatic heterocycles. The highest BCUT2D eigenvalue weighted by atomic mass is 35.5. The predicted molar refractivity (Wildman–Crippen MR) is 101 cm³/mol. The molecule has 5 heteroatoms. The summed E-state index contributed by atoms with van der Waals surface area (Å²) in [6, 6.07) is 7.17. The second-order valence-electron chi connectivity index (χ2n) is 7.24. The molecule has 0 spiro atoms. The number of hydrogen-bond acceptors (Lipinski definition) is 3. The number of carbonyl (C=O) groups excluding carboxylic acids is 1. The van der Waals surface area contributed by atoms with E-state index in [1.165, 1.54) is 5.82 Å². The lowest BCUT2D eigenvalue weighted by Gasteiger charge is -2.32. The van der Waals surface area contributed by atoms with Gasteiger partial charge in [-0.3, -0.25) is 9.69 Å². The van der Waals surface area contributed by atoms with Gasteiger partial charge < -0.3 is 4.57 Å². The zero-order valence-electron chi connectivity index (χ0n) is 15.0. The van der Waals surface area contributed by atoms with Crippen molar-refractivity contribution in [1.29, 1.82) is 0 Å². The minimum absolute atomic E-state index is 0.173. The van der Waals surface area contributed by atoms with Crippen LogP contribution in [0.5, 0.6) is 0 Å². The molecule has 3 rings (SSSR count). The fourth-order valence-electron chi connectivity index (χ4n) is 3.51. The maximum atomic E-state index is 12.4. The second-order valence-corrected chi connectivity index (χ2v) is 7.68. The molecule has 1 fully saturated rings. The zero-order valence-corrected chi connectivity index (χ0v) is 15.7. The van der Waals surface area contributed by atoms with Gasteiger partial charge in [0.15, 0.2) is 5.78 Å². The van der Waals surface area contributed by atoms with E-state index in [-0.39, 0.29) is 5.78 Å². The number of hydrogen-bond donors (Lipinski definition) is 0. The van der Waals surface area contributed by atoms with Crippen molar-refractivity contribution in [2.75, 3.05) is 19.6 Å². The van der Waals surface area contributed by atoms with Crippen LogP contribution in [0.3, 0.4) is 0 Å². The van der Waals surface area contributed by atoms with Gasteiger partial charge in [0.1, 0.15) is 5.82 Å². The van der Waals surface area contributed by atoms with Gasteiger partial charge in [-0.1, -0.05) is 25.4 Å². The number of benzene rings is 1. The summed E-state index contributed by atoms with van der Waals surface area (Å²) in [6.45, 7) is 7.86. The molecule has 0 amide bonds. The Morgan fingerprint density at radius 3 is 2.56 bits per heavy atom. The minimum atomic E-state index is 0.173. The van der Waals surface area contributed by atoms with E-state index in [1.54, 1.807) is 12.1 Å². The standard InChI is InChI=1S/C20H26ClN3O/c1-15(2)20-22-9-12-24(20)13-16-7-10-23(11-8-16)14-19(25)17-3-5-18(21)6-4-17/h3-6,9,12,15-16H,7-8,10-11,13-14H2,1-2H3. The van der Waals surface area contributed by atoms with Crippen LogP contribution in [0.15, 0.2) is 36.7 Å². The van der Waals surface area contributed by atoms with Crippen LogP contribution in [0.25, 0.3) is 0 Å². The van der Waals surface area contributed by atoms with Crippen LogP contribution < -0.4 is 0 Å². The van der Waals surface area contributed by atoms with Gasteiger partial charge in [-0.2, -0.15) is 0 Å². The normalized spacial score (nSPS) is 16.5. The Kier molecular flexibility index (Phi) is 5.92. The molecule has 4 nitrogen and oxygen atoms in total. The minimum Gasteiger partial charge on any atom is -0.334 e. The molecule has 2 heterocycles. The monoisotopic (exact) mass is 359 g/mol. The maximum absolute atomic E-state index is 12.4. The molecule has 0 saturated carbocycles. The molecule has 0 atom stereocenters. The molecule has 1 aliphatic rings. The fourth-order valence-corrected chi connectivity index (χ4v) is 3.64. The van der Waals surface area contributed by atoms with Gasteiger partial charge in [-0.15, -0.1) is 0 Å². The lowest BCUT2D eigenvalue weighted by molar-refractivity contribution is 0.0890. The SMILES string of the molecule is CC(C)c1nccn1CC1CCN(CC(=O)c2ccc(Cl)cc2)CC1. The van der Waals surface area contributed by atoms with Gasteiger partial charge in [-0.05, 0) is 56.1 Å². The third-order valence-corrected chi connectivity index (χ3v) is 5.21. The van der Waals surface area contributed by atoms with Crippen molar-refractivity contribution in [3.8, 4) is 0 Å². The summed E-state index contributed by atoms with van der Waals surface area (Å²) < 4.78 is 2.30. The number of Topliss-reactive ketones (excluding diaryl/α,β-unsaturated/α-hetero) is 1. The molecule has 0 N–H and O–H groups in total. The average molecular weight is 360 g/mol. The first-order valence-corrected chi connectivity index (χ1v) is 9.43. The number of ketones is 1. The predicted octanol–water partition coefficient (Wildman–Crippen LogP) is 4.25. The number of rotatable bonds is 6. The second kappa shape index (κ2) is 8.15. The van der Waals surface area contributed by atoms with E-state index in [0.29, 0.717) is 23.4 Å². The van der Waals surface area contributed by atoms with Crippen LogP contribution in [0.1, 0.15) is 48.8 Å². The van der Waals surface area contributed by atoms with Crippen molar-refractivity contribution < 1.29 is 4.79 Å². The van der Waals surface area contributed by atoms with Crippen molar-refractivity contribution in [3.63, 3.8) is 0 Å². The highest BCUT2D eigenvalue weighted by Crippen LogP contribution is 2.22. The number of likely N-dealkylation sites (tertiary alicyclic amines) is 1. The van der Waals surface area contributed by atoms with E-state index < -0.39 is 0 Å². The van der Waals surface area contributed by atoms with Crippen molar-refractivity contribution >= 4 is 17.4 Å². The molecule has 0 unspecified atom stereocenters. The number of carbonyl (C=O) groups is 1. The molecule has 2 aromatic rings. The first-order chi connectivity index (χ1) is 12.0. The van der Waals surface area contributed by atoms with Gasteiger partial charge in [0, 0.05) is 35.4 Å². The van der Waals surface area contributed by atoms with E-state index in [0.717, 1.165) is 38.0 Å². The van der Waals surface area contributed by atoms with Crippen molar-refractivity contribution in [2.24, 2.45) is 5.92 Å². The fraction of sp³-hybridized carbons (Fsp3) is 0.500. The summed E-state index contributed by atoms with van der Waals surface area (Å²) in [6.07, 6.45) is 6.24. The smallest absolute Gasteiger partial charge is 0.176 e. The molecule has 1 saturated heterocycles. The van der Waals surface area contributed by atoms with Gasteiger partial charge in [0.2, 0.25) is 0 Å². The third kappa shape index (κ3) is 4.71. The van der Waals surface area contributed by atoms with Crippen molar-refractivity contribution in [1.82, 2.24) is 14.5 Å². The molecule has 0 radical (unpaired) electrons. The van der Waals surface area contributed by atoms with Gasteiger partial charge in [0.25, 0.3) is 0 Å². The average Bonchev–Trinajstić information content (AvgIpc) is 3.05. The third-order valence-electron chi connectivity index (χ3n) is 4.96. The highest BCUT2D eigenvalue weighted by Gasteiger charge is 2.22. The Morgan fingerprint density at radius 1 is 1.24 bits per heavy atom. The Balaban J connectivity index is 1.49. The molecule has 134 valence electrons. The number of piperidine rings is 1. The first-order valence-electron chi connectivity index (χ1n) is 9.05. The molecule has 25 heavy (non-hydrogen) atoms. The Bertz CT molecular complexity index is 700. The quantitative estimate of drug-likeness (QED) is 0.723. The van der Waals surface area contributed by atoms with Crippen LogP contribution in [0.4, 0.5) is 0 Å². The molecule has 1 aromatic carbocycles. The van der Waals surface area contributed by atoms with Crippen LogP contribution in [0, 0.1) is 5.92 Å². The number of aromatic nitrogens is 2. The maximum Gasteiger partial charge on any atom is 0.176 e. The van der Waals surface area contributed by atoms with Gasteiger partial charge in [-0.25, -0.2) is 4.98 Å². The molecular weight excluding hydrogens is 334 g/mol. The summed E-state index contributed by atoms with van der Waals surface area (Å²) in [4.78, 5) is 19.1. The van der Waals surface area contributed by atoms with Crippen LogP contribution in [0.2, 0.25) is 5.02 Å². The van der Waals surface area contributed by atoms with Crippen molar-refractivity contribution in [2.45, 2.75) is 39.2 Å². The number of imidazole rings is 1. The highest BCUT2D eigenvalue weighted by molar-refractivity contribution is 6.30. The van der Waals surface area contributed by atoms with Crippen LogP contribution in [-0.4, -0.2) is 39.9 Å². The summed E-state index contributed by atoms with van der Waals surface area (Å²) in [5.41, 5.74) is 0.742. The lowest BCUT2D eigenvalue weighted by atomic mass is 9.96. The number of nitrogens with zero attached hydrogens (tertiary/aromatic N) is 3. The molecule has 0 aliphatic carbocycles. The van der Waals surface area contributed by atoms with E-state index in [1.807, 2.05) is 18.3 Å². The zero-order chi connectivity index (χ0) is 17.8. The van der Waals surface area contributed by atoms with Gasteiger partial charge in [0.05, 0.1) is 6.54 Å². The van der Waals surface area contributed by atoms with E-state index >= 15 is 0 Å². The van der Waals surface area contributed by atoms with Crippen LogP contribution >= 0.6 is 11.6 Å². The summed E-state index contributed by atoms with van der Waals surface area (Å²) in [5.74, 6) is 2.45.